The first-order valence-electron chi connectivity index (χ1n) is 7.78. The van der Waals surface area contributed by atoms with Crippen LogP contribution in [0.4, 0.5) is 0 Å². The number of rotatable bonds is 5. The molecule has 2 aliphatic rings. The summed E-state index contributed by atoms with van der Waals surface area (Å²) in [6.45, 7) is 2.63. The molecule has 25 heavy (non-hydrogen) atoms. The van der Waals surface area contributed by atoms with E-state index >= 15 is 0 Å². The molecule has 1 aromatic rings. The molecule has 2 aliphatic heterocycles. The SMILES string of the molecule is COCCN1C(=O)/C(=C\c2ccc3c(c2)OCO3)C(C(=O)OC)=C1C. The molecule has 0 saturated heterocycles. The highest BCUT2D eigenvalue weighted by molar-refractivity contribution is 6.16. The van der Waals surface area contributed by atoms with Crippen LogP contribution in [0.2, 0.25) is 0 Å². The fourth-order valence-corrected chi connectivity index (χ4v) is 2.85. The van der Waals surface area contributed by atoms with Crippen molar-refractivity contribution < 1.29 is 28.5 Å². The Morgan fingerprint density at radius 2 is 2.04 bits per heavy atom. The maximum absolute atomic E-state index is 12.8. The summed E-state index contributed by atoms with van der Waals surface area (Å²) < 4.78 is 20.5. The number of benzene rings is 1. The lowest BCUT2D eigenvalue weighted by molar-refractivity contribution is -0.136. The Hall–Kier alpha value is -2.80. The molecule has 0 unspecified atom stereocenters. The van der Waals surface area contributed by atoms with Gasteiger partial charge in [-0.25, -0.2) is 4.79 Å². The topological polar surface area (TPSA) is 74.3 Å². The van der Waals surface area contributed by atoms with Gasteiger partial charge in [0.2, 0.25) is 6.79 Å². The molecule has 0 radical (unpaired) electrons. The van der Waals surface area contributed by atoms with Crippen LogP contribution in [0.3, 0.4) is 0 Å². The smallest absolute Gasteiger partial charge is 0.340 e. The largest absolute Gasteiger partial charge is 0.465 e. The van der Waals surface area contributed by atoms with Crippen LogP contribution in [0.25, 0.3) is 6.08 Å². The Morgan fingerprint density at radius 3 is 2.76 bits per heavy atom. The molecule has 132 valence electrons. The summed E-state index contributed by atoms with van der Waals surface area (Å²) in [6, 6.07) is 5.34. The van der Waals surface area contributed by atoms with E-state index in [1.54, 1.807) is 38.3 Å². The Labute approximate surface area is 145 Å². The van der Waals surface area contributed by atoms with E-state index in [2.05, 4.69) is 0 Å². The highest BCUT2D eigenvalue weighted by atomic mass is 16.7. The number of carbonyl (C=O) groups excluding carboxylic acids is 2. The number of methoxy groups -OCH3 is 2. The van der Waals surface area contributed by atoms with Crippen molar-refractivity contribution in [1.82, 2.24) is 4.90 Å². The highest BCUT2D eigenvalue weighted by Crippen LogP contribution is 2.35. The van der Waals surface area contributed by atoms with E-state index < -0.39 is 5.97 Å². The number of nitrogens with zero attached hydrogens (tertiary/aromatic N) is 1. The Kier molecular flexibility index (Phi) is 4.76. The third-order valence-electron chi connectivity index (χ3n) is 4.13. The first-order valence-corrected chi connectivity index (χ1v) is 7.78. The highest BCUT2D eigenvalue weighted by Gasteiger charge is 2.36. The summed E-state index contributed by atoms with van der Waals surface area (Å²) >= 11 is 0. The average Bonchev–Trinajstić information content (AvgIpc) is 3.16. The number of fused-ring (bicyclic) bond motifs is 1. The van der Waals surface area contributed by atoms with Crippen molar-refractivity contribution >= 4 is 18.0 Å². The summed E-state index contributed by atoms with van der Waals surface area (Å²) in [5.74, 6) is 0.461. The molecule has 0 aromatic heterocycles. The van der Waals surface area contributed by atoms with Crippen molar-refractivity contribution in [3.05, 3.63) is 40.6 Å². The number of ether oxygens (including phenoxy) is 4. The van der Waals surface area contributed by atoms with Crippen molar-refractivity contribution in [2.45, 2.75) is 6.92 Å². The second kappa shape index (κ2) is 6.98. The van der Waals surface area contributed by atoms with E-state index in [1.165, 1.54) is 12.0 Å². The molecule has 0 aliphatic carbocycles. The van der Waals surface area contributed by atoms with Gasteiger partial charge in [-0.1, -0.05) is 6.07 Å². The van der Waals surface area contributed by atoms with Gasteiger partial charge in [0.15, 0.2) is 11.5 Å². The molecule has 0 fully saturated rings. The number of allylic oxidation sites excluding steroid dienone is 1. The molecule has 2 heterocycles. The molecule has 0 spiro atoms. The number of amides is 1. The summed E-state index contributed by atoms with van der Waals surface area (Å²) in [5, 5.41) is 0. The Balaban J connectivity index is 2.00. The van der Waals surface area contributed by atoms with Crippen LogP contribution in [0.1, 0.15) is 12.5 Å². The van der Waals surface area contributed by atoms with Crippen molar-refractivity contribution in [1.29, 1.82) is 0 Å². The van der Waals surface area contributed by atoms with Crippen molar-refractivity contribution in [2.75, 3.05) is 34.2 Å². The number of carbonyl (C=O) groups is 2. The van der Waals surface area contributed by atoms with Crippen LogP contribution in [0.5, 0.6) is 11.5 Å². The molecular weight excluding hydrogens is 326 g/mol. The summed E-state index contributed by atoms with van der Waals surface area (Å²) in [4.78, 5) is 26.5. The number of hydrogen-bond acceptors (Lipinski definition) is 6. The molecule has 7 nitrogen and oxygen atoms in total. The summed E-state index contributed by atoms with van der Waals surface area (Å²) in [7, 11) is 2.85. The molecule has 0 N–H and O–H groups in total. The number of hydrogen-bond donors (Lipinski definition) is 0. The van der Waals surface area contributed by atoms with Crippen molar-refractivity contribution in [3.63, 3.8) is 0 Å². The molecule has 0 atom stereocenters. The van der Waals surface area contributed by atoms with Crippen LogP contribution in [-0.2, 0) is 19.1 Å². The minimum atomic E-state index is -0.544. The predicted octanol–water partition coefficient (Wildman–Crippen LogP) is 1.73. The minimum Gasteiger partial charge on any atom is -0.465 e. The zero-order chi connectivity index (χ0) is 18.0. The van der Waals surface area contributed by atoms with E-state index in [0.29, 0.717) is 35.9 Å². The molecular formula is C18H19NO6. The van der Waals surface area contributed by atoms with E-state index in [9.17, 15) is 9.59 Å². The predicted molar refractivity (Wildman–Crippen MR) is 88.8 cm³/mol. The molecule has 0 bridgehead atoms. The first-order chi connectivity index (χ1) is 12.1. The van der Waals surface area contributed by atoms with Gasteiger partial charge in [0.05, 0.1) is 24.9 Å². The Morgan fingerprint density at radius 1 is 1.28 bits per heavy atom. The van der Waals surface area contributed by atoms with Gasteiger partial charge in [-0.05, 0) is 30.7 Å². The molecule has 7 heteroatoms. The zero-order valence-electron chi connectivity index (χ0n) is 14.3. The van der Waals surface area contributed by atoms with Gasteiger partial charge in [0, 0.05) is 19.4 Å². The zero-order valence-corrected chi connectivity index (χ0v) is 14.3. The maximum Gasteiger partial charge on any atom is 0.340 e. The standard InChI is InChI=1S/C18H19NO6/c1-11-16(18(21)23-3)13(17(20)19(11)6-7-22-2)8-12-4-5-14-15(9-12)25-10-24-14/h4-5,8-9H,6-7,10H2,1-3H3/b13-8-. The van der Waals surface area contributed by atoms with Gasteiger partial charge < -0.3 is 23.8 Å². The Bertz CT molecular complexity index is 780. The quantitative estimate of drug-likeness (QED) is 0.598. The van der Waals surface area contributed by atoms with Crippen LogP contribution < -0.4 is 9.47 Å². The molecule has 1 aromatic carbocycles. The van der Waals surface area contributed by atoms with E-state index in [4.69, 9.17) is 18.9 Å². The maximum atomic E-state index is 12.8. The van der Waals surface area contributed by atoms with Gasteiger partial charge >= 0.3 is 5.97 Å². The van der Waals surface area contributed by atoms with E-state index in [0.717, 1.165) is 5.56 Å². The lowest BCUT2D eigenvalue weighted by Crippen LogP contribution is -2.28. The van der Waals surface area contributed by atoms with Crippen LogP contribution in [-0.4, -0.2) is 50.9 Å². The average molecular weight is 345 g/mol. The van der Waals surface area contributed by atoms with Gasteiger partial charge in [-0.15, -0.1) is 0 Å². The lowest BCUT2D eigenvalue weighted by Gasteiger charge is -2.16. The normalized spacial score (nSPS) is 17.6. The minimum absolute atomic E-state index is 0.172. The first kappa shape index (κ1) is 17.0. The number of esters is 1. The van der Waals surface area contributed by atoms with Gasteiger partial charge in [0.25, 0.3) is 5.91 Å². The van der Waals surface area contributed by atoms with Crippen LogP contribution in [0, 0.1) is 0 Å². The van der Waals surface area contributed by atoms with Gasteiger partial charge in [-0.3, -0.25) is 4.79 Å². The van der Waals surface area contributed by atoms with E-state index in [-0.39, 0.29) is 18.3 Å². The monoisotopic (exact) mass is 345 g/mol. The van der Waals surface area contributed by atoms with Crippen LogP contribution in [0.15, 0.2) is 35.0 Å². The fraction of sp³-hybridized carbons (Fsp3) is 0.333. The van der Waals surface area contributed by atoms with Crippen molar-refractivity contribution in [3.8, 4) is 11.5 Å². The van der Waals surface area contributed by atoms with E-state index in [1.807, 2.05) is 0 Å². The fourth-order valence-electron chi connectivity index (χ4n) is 2.85. The lowest BCUT2D eigenvalue weighted by atomic mass is 10.0. The molecule has 0 saturated carbocycles. The second-order valence-corrected chi connectivity index (χ2v) is 5.57. The summed E-state index contributed by atoms with van der Waals surface area (Å²) in [5.41, 5.74) is 1.84. The summed E-state index contributed by atoms with van der Waals surface area (Å²) in [6.07, 6.45) is 1.66. The molecule has 1 amide bonds. The molecule has 3 rings (SSSR count). The van der Waals surface area contributed by atoms with Gasteiger partial charge in [-0.2, -0.15) is 0 Å². The van der Waals surface area contributed by atoms with Crippen LogP contribution >= 0.6 is 0 Å². The van der Waals surface area contributed by atoms with Gasteiger partial charge in [0.1, 0.15) is 0 Å². The second-order valence-electron chi connectivity index (χ2n) is 5.57. The third-order valence-corrected chi connectivity index (χ3v) is 4.13. The van der Waals surface area contributed by atoms with Crippen molar-refractivity contribution in [2.24, 2.45) is 0 Å². The third kappa shape index (κ3) is 3.10.